The molecule has 0 N–H and O–H groups in total. The van der Waals surface area contributed by atoms with Crippen LogP contribution in [0, 0.1) is 11.6 Å². The predicted molar refractivity (Wildman–Crippen MR) is 136 cm³/mol. The number of rotatable bonds is 7. The van der Waals surface area contributed by atoms with Crippen molar-refractivity contribution in [1.82, 2.24) is 29.5 Å². The minimum absolute atomic E-state index is 0.0212. The molecule has 0 unspecified atom stereocenters. The first-order valence-corrected chi connectivity index (χ1v) is 12.7. The second-order valence-corrected chi connectivity index (χ2v) is 9.94. The Bertz CT molecular complexity index is 1600. The van der Waals surface area contributed by atoms with Crippen molar-refractivity contribution in [3.05, 3.63) is 59.4 Å². The molecule has 0 radical (unpaired) electrons. The van der Waals surface area contributed by atoms with Crippen molar-refractivity contribution in [3.63, 3.8) is 0 Å². The smallest absolute Gasteiger partial charge is 0.288 e. The van der Waals surface area contributed by atoms with Gasteiger partial charge in [-0.1, -0.05) is 0 Å². The Hall–Kier alpha value is -4.29. The highest BCUT2D eigenvalue weighted by molar-refractivity contribution is 5.69. The van der Waals surface area contributed by atoms with Crippen LogP contribution in [0.3, 0.4) is 0 Å². The molecule has 1 aromatic carbocycles. The summed E-state index contributed by atoms with van der Waals surface area (Å²) in [5.74, 6) is -3.04. The zero-order valence-corrected chi connectivity index (χ0v) is 22.0. The van der Waals surface area contributed by atoms with E-state index in [1.54, 1.807) is 4.90 Å². The van der Waals surface area contributed by atoms with Gasteiger partial charge in [0, 0.05) is 38.2 Å². The van der Waals surface area contributed by atoms with Crippen LogP contribution in [-0.2, 0) is 19.5 Å². The lowest BCUT2D eigenvalue weighted by atomic mass is 10.1. The predicted octanol–water partition coefficient (Wildman–Crippen LogP) is 5.01. The molecule has 1 aliphatic carbocycles. The molecule has 13 heteroatoms. The topological polar surface area (TPSA) is 91.1 Å². The molecular weight excluding hydrogens is 530 g/mol. The molecule has 0 amide bonds. The Balaban J connectivity index is 1.34. The normalized spacial score (nSPS) is 15.1. The first-order chi connectivity index (χ1) is 19.1. The van der Waals surface area contributed by atoms with Crippen molar-refractivity contribution in [1.29, 1.82) is 0 Å². The van der Waals surface area contributed by atoms with Crippen molar-refractivity contribution < 1.29 is 27.0 Å². The van der Waals surface area contributed by atoms with Crippen LogP contribution in [0.4, 0.5) is 23.4 Å². The molecule has 4 heterocycles. The maximum atomic E-state index is 15.3. The van der Waals surface area contributed by atoms with E-state index in [4.69, 9.17) is 14.5 Å². The number of hydrogen-bond acceptors (Lipinski definition) is 8. The number of nitrogens with zero attached hydrogens (tertiary/aromatic N) is 7. The monoisotopic (exact) mass is 555 g/mol. The highest BCUT2D eigenvalue weighted by Gasteiger charge is 2.33. The average Bonchev–Trinajstić information content (AvgIpc) is 3.70. The second kappa shape index (κ2) is 9.72. The Kier molecular flexibility index (Phi) is 6.31. The van der Waals surface area contributed by atoms with E-state index in [1.165, 1.54) is 31.2 Å². The van der Waals surface area contributed by atoms with Crippen molar-refractivity contribution in [3.8, 4) is 34.4 Å². The standard InChI is InChI=1S/C27H25F4N7O2/c1-27(30,31)20-12-37(2)24(35-20)16-9-17(28)15(8-18(16)29)11-38-6-7-40-19-10-32-23(36-25(19)38)21-22(14-4-5-14)33-13-34-26(21)39-3/h8-10,12-14H,4-7,11H2,1-3H3. The molecule has 3 aromatic heterocycles. The van der Waals surface area contributed by atoms with E-state index in [9.17, 15) is 8.78 Å². The number of methoxy groups -OCH3 is 1. The van der Waals surface area contributed by atoms with Gasteiger partial charge in [-0.15, -0.1) is 0 Å². The number of imidazole rings is 1. The molecule has 0 atom stereocenters. The number of ether oxygens (including phenoxy) is 2. The van der Waals surface area contributed by atoms with E-state index < -0.39 is 23.3 Å². The summed E-state index contributed by atoms with van der Waals surface area (Å²) >= 11 is 0. The Morgan fingerprint density at radius 2 is 1.90 bits per heavy atom. The van der Waals surface area contributed by atoms with Crippen molar-refractivity contribution in [2.75, 3.05) is 25.2 Å². The molecule has 0 spiro atoms. The molecule has 1 fully saturated rings. The quantitative estimate of drug-likeness (QED) is 0.294. The van der Waals surface area contributed by atoms with Gasteiger partial charge < -0.3 is 18.9 Å². The lowest BCUT2D eigenvalue weighted by Gasteiger charge is -2.30. The number of halogens is 4. The fourth-order valence-electron chi connectivity index (χ4n) is 4.76. The number of aryl methyl sites for hydroxylation is 1. The summed E-state index contributed by atoms with van der Waals surface area (Å²) in [6.07, 6.45) is 6.08. The second-order valence-electron chi connectivity index (χ2n) is 9.94. The van der Waals surface area contributed by atoms with Gasteiger partial charge in [-0.05, 0) is 25.0 Å². The molecule has 1 aliphatic heterocycles. The number of alkyl halides is 2. The van der Waals surface area contributed by atoms with Crippen LogP contribution in [0.5, 0.6) is 11.6 Å². The van der Waals surface area contributed by atoms with E-state index >= 15 is 8.78 Å². The number of aromatic nitrogens is 6. The van der Waals surface area contributed by atoms with Crippen LogP contribution in [0.25, 0.3) is 22.8 Å². The fourth-order valence-corrected chi connectivity index (χ4v) is 4.76. The minimum atomic E-state index is -3.22. The zero-order valence-electron chi connectivity index (χ0n) is 22.0. The minimum Gasteiger partial charge on any atom is -0.486 e. The SMILES string of the molecule is COc1ncnc(C2CC2)c1-c1ncc2c(n1)N(Cc1cc(F)c(-c3nc(C(C)(F)F)cn3C)cc1F)CCO2. The zero-order chi connectivity index (χ0) is 28.2. The molecule has 9 nitrogen and oxygen atoms in total. The third-order valence-electron chi connectivity index (χ3n) is 6.94. The van der Waals surface area contributed by atoms with Crippen LogP contribution >= 0.6 is 0 Å². The molecule has 40 heavy (non-hydrogen) atoms. The number of benzene rings is 1. The van der Waals surface area contributed by atoms with E-state index in [0.717, 1.165) is 36.9 Å². The largest absolute Gasteiger partial charge is 0.486 e. The fraction of sp³-hybridized carbons (Fsp3) is 0.370. The summed E-state index contributed by atoms with van der Waals surface area (Å²) in [6, 6.07) is 2.03. The van der Waals surface area contributed by atoms with Gasteiger partial charge in [0.2, 0.25) is 5.88 Å². The third kappa shape index (κ3) is 4.69. The van der Waals surface area contributed by atoms with E-state index in [-0.39, 0.29) is 29.4 Å². The number of hydrogen-bond donors (Lipinski definition) is 0. The number of anilines is 1. The Morgan fingerprint density at radius 1 is 1.10 bits per heavy atom. The average molecular weight is 556 g/mol. The Labute approximate surface area is 226 Å². The maximum Gasteiger partial charge on any atom is 0.288 e. The van der Waals surface area contributed by atoms with Crippen LogP contribution in [-0.4, -0.2) is 49.7 Å². The van der Waals surface area contributed by atoms with Gasteiger partial charge in [-0.25, -0.2) is 33.7 Å². The molecule has 2 aliphatic rings. The Morgan fingerprint density at radius 3 is 2.60 bits per heavy atom. The molecular formula is C27H25F4N7O2. The first-order valence-electron chi connectivity index (χ1n) is 12.7. The highest BCUT2D eigenvalue weighted by atomic mass is 19.3. The van der Waals surface area contributed by atoms with Gasteiger partial charge in [0.05, 0.1) is 31.1 Å². The summed E-state index contributed by atoms with van der Waals surface area (Å²) < 4.78 is 70.5. The summed E-state index contributed by atoms with van der Waals surface area (Å²) in [7, 11) is 2.96. The summed E-state index contributed by atoms with van der Waals surface area (Å²) in [5, 5.41) is 0. The lowest BCUT2D eigenvalue weighted by Crippen LogP contribution is -2.33. The van der Waals surface area contributed by atoms with Gasteiger partial charge in [0.15, 0.2) is 17.4 Å². The van der Waals surface area contributed by atoms with Crippen LogP contribution in [0.2, 0.25) is 0 Å². The molecule has 0 bridgehead atoms. The maximum absolute atomic E-state index is 15.3. The molecule has 0 saturated heterocycles. The number of fused-ring (bicyclic) bond motifs is 1. The summed E-state index contributed by atoms with van der Waals surface area (Å²) in [5.41, 5.74) is 0.713. The van der Waals surface area contributed by atoms with Crippen LogP contribution in [0.15, 0.2) is 30.9 Å². The summed E-state index contributed by atoms with van der Waals surface area (Å²) in [6.45, 7) is 1.33. The van der Waals surface area contributed by atoms with E-state index in [0.29, 0.717) is 48.9 Å². The molecule has 1 saturated carbocycles. The van der Waals surface area contributed by atoms with Gasteiger partial charge in [0.1, 0.15) is 41.7 Å². The highest BCUT2D eigenvalue weighted by Crippen LogP contribution is 2.45. The van der Waals surface area contributed by atoms with E-state index in [2.05, 4.69) is 19.9 Å². The first kappa shape index (κ1) is 26.0. The van der Waals surface area contributed by atoms with Crippen molar-refractivity contribution >= 4 is 5.82 Å². The third-order valence-corrected chi connectivity index (χ3v) is 6.94. The lowest BCUT2D eigenvalue weighted by molar-refractivity contribution is 0.0131. The van der Waals surface area contributed by atoms with Gasteiger partial charge in [-0.3, -0.25) is 0 Å². The molecule has 6 rings (SSSR count). The summed E-state index contributed by atoms with van der Waals surface area (Å²) in [4.78, 5) is 23.5. The van der Waals surface area contributed by atoms with Gasteiger partial charge >= 0.3 is 0 Å². The van der Waals surface area contributed by atoms with E-state index in [1.807, 2.05) is 0 Å². The van der Waals surface area contributed by atoms with Crippen LogP contribution in [0.1, 0.15) is 42.6 Å². The van der Waals surface area contributed by atoms with Crippen molar-refractivity contribution in [2.45, 2.75) is 38.2 Å². The van der Waals surface area contributed by atoms with Crippen LogP contribution < -0.4 is 14.4 Å². The van der Waals surface area contributed by atoms with Gasteiger partial charge in [0.25, 0.3) is 5.92 Å². The molecule has 4 aromatic rings. The van der Waals surface area contributed by atoms with Crippen molar-refractivity contribution in [2.24, 2.45) is 7.05 Å². The van der Waals surface area contributed by atoms with Gasteiger partial charge in [-0.2, -0.15) is 8.78 Å². The molecule has 208 valence electrons.